The van der Waals surface area contributed by atoms with E-state index in [1.165, 1.54) is 35.1 Å². The van der Waals surface area contributed by atoms with E-state index in [4.69, 9.17) is 0 Å². The van der Waals surface area contributed by atoms with Gasteiger partial charge in [-0.2, -0.15) is 0 Å². The quantitative estimate of drug-likeness (QED) is 0.205. The molecule has 4 aromatic carbocycles. The van der Waals surface area contributed by atoms with Crippen LogP contribution in [0.1, 0.15) is 139 Å². The number of nitrogens with zero attached hydrogens (tertiary/aromatic N) is 2. The Morgan fingerprint density at radius 2 is 0.885 bits per heavy atom. The molecule has 52 heavy (non-hydrogen) atoms. The summed E-state index contributed by atoms with van der Waals surface area (Å²) in [6.07, 6.45) is 9.10. The predicted octanol–water partition coefficient (Wildman–Crippen LogP) is 7.15. The van der Waals surface area contributed by atoms with Gasteiger partial charge in [0.2, 0.25) is 0 Å². The number of rotatable bonds is 6. The third-order valence-corrected chi connectivity index (χ3v) is 13.0. The van der Waals surface area contributed by atoms with Crippen LogP contribution in [0.15, 0.2) is 84.9 Å². The summed E-state index contributed by atoms with van der Waals surface area (Å²) in [7, 11) is 0. The maximum Gasteiger partial charge on any atom is -1.00 e. The summed E-state index contributed by atoms with van der Waals surface area (Å²) < 4.78 is 4.98. The van der Waals surface area contributed by atoms with Crippen molar-refractivity contribution in [3.05, 3.63) is 129 Å². The van der Waals surface area contributed by atoms with Crippen molar-refractivity contribution in [3.8, 4) is 11.5 Å². The van der Waals surface area contributed by atoms with Gasteiger partial charge in [0.1, 0.15) is 0 Å². The van der Waals surface area contributed by atoms with Crippen molar-refractivity contribution in [2.75, 3.05) is 0 Å². The van der Waals surface area contributed by atoms with E-state index < -0.39 is 0 Å². The fourth-order valence-corrected chi connectivity index (χ4v) is 9.57. The molecule has 1 saturated carbocycles. The van der Waals surface area contributed by atoms with Crippen LogP contribution >= 0.6 is 0 Å². The molecule has 277 valence electrons. The minimum Gasteiger partial charge on any atom is -1.00 e. The van der Waals surface area contributed by atoms with Crippen LogP contribution in [0.25, 0.3) is 0 Å². The van der Waals surface area contributed by atoms with E-state index in [9.17, 15) is 10.2 Å². The number of aromatic hydroxyl groups is 2. The van der Waals surface area contributed by atoms with Crippen molar-refractivity contribution in [2.24, 2.45) is 0 Å². The van der Waals surface area contributed by atoms with Crippen LogP contribution in [0.2, 0.25) is 0 Å². The second kappa shape index (κ2) is 14.8. The molecular weight excluding hydrogens is 703 g/mol. The Hall–Kier alpha value is -3.37. The summed E-state index contributed by atoms with van der Waals surface area (Å²) in [6, 6.07) is 30.6. The Balaban J connectivity index is 0.00000523. The van der Waals surface area contributed by atoms with Crippen LogP contribution in [0, 0.1) is 0 Å². The molecule has 1 heterocycles. The minimum atomic E-state index is -0.378. The fraction of sp³-hybridized carbons (Fsp3) is 0.435. The fourth-order valence-electron chi connectivity index (χ4n) is 7.73. The number of hydrogen-bond acceptors (Lipinski definition) is 2. The van der Waals surface area contributed by atoms with E-state index in [0.29, 0.717) is 39.0 Å². The first kappa shape index (κ1) is 39.8. The SMILES string of the molecule is CC(C)(C)c1cc(C=[N+]2[Mn][N+](=Cc3cc(C(C)(C)C)cc(C(C)(C)c4ccccc4)c3O)[C@@H]3CCCC[C@H]32)c(O)c(C(C)(C)c2ccccc2)c1.[Cl-]. The third kappa shape index (κ3) is 7.79. The molecule has 0 amide bonds. The molecule has 2 fully saturated rings. The molecule has 0 unspecified atom stereocenters. The molecule has 0 spiro atoms. The van der Waals surface area contributed by atoms with Crippen molar-refractivity contribution in [1.82, 2.24) is 0 Å². The smallest absolute Gasteiger partial charge is 1.00 e. The van der Waals surface area contributed by atoms with Gasteiger partial charge in [-0.15, -0.1) is 0 Å². The average Bonchev–Trinajstić information content (AvgIpc) is 3.42. The van der Waals surface area contributed by atoms with Crippen molar-refractivity contribution >= 4 is 12.4 Å². The van der Waals surface area contributed by atoms with Crippen LogP contribution in [0.5, 0.6) is 11.5 Å². The van der Waals surface area contributed by atoms with Crippen molar-refractivity contribution in [1.29, 1.82) is 0 Å². The van der Waals surface area contributed by atoms with E-state index in [1.807, 2.05) is 12.1 Å². The number of fused-ring (bicyclic) bond motifs is 1. The van der Waals surface area contributed by atoms with Crippen LogP contribution in [0.4, 0.5) is 0 Å². The van der Waals surface area contributed by atoms with E-state index in [-0.39, 0.29) is 34.1 Å². The van der Waals surface area contributed by atoms with Crippen LogP contribution in [0.3, 0.4) is 0 Å². The number of phenols is 2. The number of benzene rings is 4. The second-order valence-corrected chi connectivity index (χ2v) is 19.3. The zero-order chi connectivity index (χ0) is 36.9. The Labute approximate surface area is 325 Å². The van der Waals surface area contributed by atoms with E-state index in [1.54, 1.807) is 0 Å². The molecular formula is C46H58ClMnN2O2+. The van der Waals surface area contributed by atoms with Gasteiger partial charge in [-0.1, -0.05) is 0 Å². The summed E-state index contributed by atoms with van der Waals surface area (Å²) in [5.74, 6) is 0.723. The molecule has 0 bridgehead atoms. The molecule has 2 atom stereocenters. The zero-order valence-electron chi connectivity index (χ0n) is 32.8. The standard InChI is InChI=1S/C46H58N2O2.ClH.Mn/c1-43(2,3)35-25-31(41(49)37(27-35)45(7,8)33-19-13-11-14-20-33)29-47-39-23-17-18-24-40(39)48-30-32-26-36(44(4,5)6)28-38(42(32)50)46(9,10)34-21-15-12-16-22-34;;/h11-16,19-22,25-30,39-40,49-50H,17-18,23-24H2,1-10H3;1H;/q;;+2/p-1/t39-,40-;;/m1../s1. The third-order valence-electron chi connectivity index (χ3n) is 11.4. The van der Waals surface area contributed by atoms with Crippen LogP contribution in [-0.2, 0) is 37.1 Å². The van der Waals surface area contributed by atoms with Gasteiger partial charge in [-0.3, -0.25) is 0 Å². The molecule has 0 aromatic heterocycles. The Morgan fingerprint density at radius 3 is 1.21 bits per heavy atom. The molecule has 6 heteroatoms. The van der Waals surface area contributed by atoms with Crippen molar-refractivity contribution in [2.45, 2.75) is 129 Å². The monoisotopic (exact) mass is 760 g/mol. The van der Waals surface area contributed by atoms with Gasteiger partial charge in [0.05, 0.1) is 0 Å². The predicted molar refractivity (Wildman–Crippen MR) is 208 cm³/mol. The topological polar surface area (TPSA) is 46.5 Å². The maximum absolute atomic E-state index is 12.1. The van der Waals surface area contributed by atoms with Crippen LogP contribution < -0.4 is 12.4 Å². The maximum atomic E-state index is 12.1. The molecule has 2 aliphatic rings. The number of hydrogen-bond donors (Lipinski definition) is 2. The molecule has 6 rings (SSSR count). The van der Waals surface area contributed by atoms with Gasteiger partial charge >= 0.3 is 315 Å². The summed E-state index contributed by atoms with van der Waals surface area (Å²) in [5, 5.41) is 24.1. The van der Waals surface area contributed by atoms with E-state index >= 15 is 0 Å². The summed E-state index contributed by atoms with van der Waals surface area (Å²) >= 11 is 0.320. The molecule has 1 saturated heterocycles. The van der Waals surface area contributed by atoms with Crippen molar-refractivity contribution < 1.29 is 45.2 Å². The molecule has 4 aromatic rings. The molecule has 4 nitrogen and oxygen atoms in total. The normalized spacial score (nSPS) is 19.8. The van der Waals surface area contributed by atoms with Gasteiger partial charge in [0.15, 0.2) is 0 Å². The first-order valence-electron chi connectivity index (χ1n) is 18.7. The molecule has 1 aliphatic carbocycles. The first-order chi connectivity index (χ1) is 23.9. The van der Waals surface area contributed by atoms with Gasteiger partial charge in [-0.05, 0) is 0 Å². The minimum absolute atomic E-state index is 0. The number of phenolic OH excluding ortho intramolecular Hbond substituents is 2. The summed E-state index contributed by atoms with van der Waals surface area (Å²) in [6.45, 7) is 22.4. The summed E-state index contributed by atoms with van der Waals surface area (Å²) in [5.41, 5.74) is 7.54. The Morgan fingerprint density at radius 1 is 0.538 bits per heavy atom. The number of halogens is 1. The zero-order valence-corrected chi connectivity index (χ0v) is 34.7. The molecule has 2 N–H and O–H groups in total. The van der Waals surface area contributed by atoms with E-state index in [0.717, 1.165) is 35.1 Å². The second-order valence-electron chi connectivity index (χ2n) is 17.8. The largest absolute Gasteiger partial charge is 1.00 e. The van der Waals surface area contributed by atoms with Crippen LogP contribution in [-0.4, -0.2) is 41.9 Å². The first-order valence-corrected chi connectivity index (χ1v) is 19.7. The van der Waals surface area contributed by atoms with Crippen molar-refractivity contribution in [3.63, 3.8) is 0 Å². The van der Waals surface area contributed by atoms with E-state index in [2.05, 4.69) is 162 Å². The average molecular weight is 761 g/mol. The molecule has 1 aliphatic heterocycles. The summed E-state index contributed by atoms with van der Waals surface area (Å²) in [4.78, 5) is 0. The van der Waals surface area contributed by atoms with Gasteiger partial charge in [-0.25, -0.2) is 0 Å². The van der Waals surface area contributed by atoms with Gasteiger partial charge in [0, 0.05) is 0 Å². The van der Waals surface area contributed by atoms with Gasteiger partial charge < -0.3 is 12.4 Å². The van der Waals surface area contributed by atoms with Gasteiger partial charge in [0.25, 0.3) is 0 Å². The molecule has 0 radical (unpaired) electrons. The Kier molecular flexibility index (Phi) is 11.3. The Bertz CT molecular complexity index is 1820.